The van der Waals surface area contributed by atoms with Crippen LogP contribution in [0.1, 0.15) is 11.6 Å². The molecule has 0 radical (unpaired) electrons. The molecule has 1 aliphatic rings. The van der Waals surface area contributed by atoms with Crippen LogP contribution in [0.4, 0.5) is 16.2 Å². The molecule has 0 fully saturated rings. The summed E-state index contributed by atoms with van der Waals surface area (Å²) in [6.07, 6.45) is 0. The smallest absolute Gasteiger partial charge is 0.319 e. The molecule has 8 heteroatoms. The van der Waals surface area contributed by atoms with E-state index in [9.17, 15) is 19.8 Å². The molecule has 3 rings (SSSR count). The Hall–Kier alpha value is -3.26. The van der Waals surface area contributed by atoms with Gasteiger partial charge in [0.05, 0.1) is 24.0 Å². The maximum absolute atomic E-state index is 12.3. The lowest BCUT2D eigenvalue weighted by Gasteiger charge is -2.22. The molecule has 0 bridgehead atoms. The monoisotopic (exact) mass is 343 g/mol. The van der Waals surface area contributed by atoms with Crippen LogP contribution in [0.25, 0.3) is 0 Å². The summed E-state index contributed by atoms with van der Waals surface area (Å²) in [5, 5.41) is 26.9. The van der Waals surface area contributed by atoms with Gasteiger partial charge >= 0.3 is 6.03 Å². The topological polar surface area (TPSA) is 120 Å². The van der Waals surface area contributed by atoms with Gasteiger partial charge < -0.3 is 30.9 Å². The van der Waals surface area contributed by atoms with Gasteiger partial charge in [0.1, 0.15) is 5.75 Å². The molecule has 1 heterocycles. The van der Waals surface area contributed by atoms with E-state index in [0.29, 0.717) is 22.7 Å². The average molecular weight is 343 g/mol. The maximum atomic E-state index is 12.3. The summed E-state index contributed by atoms with van der Waals surface area (Å²) in [6.45, 7) is -0.466. The zero-order valence-electron chi connectivity index (χ0n) is 13.2. The fourth-order valence-corrected chi connectivity index (χ4v) is 2.51. The number of aliphatic hydroxyl groups excluding tert-OH is 1. The van der Waals surface area contributed by atoms with E-state index in [-0.39, 0.29) is 24.9 Å². The van der Waals surface area contributed by atoms with Crippen molar-refractivity contribution in [1.29, 1.82) is 0 Å². The highest BCUT2D eigenvalue weighted by atomic mass is 16.5. The second-order valence-corrected chi connectivity index (χ2v) is 5.45. The summed E-state index contributed by atoms with van der Waals surface area (Å²) >= 11 is 0. The van der Waals surface area contributed by atoms with E-state index in [4.69, 9.17) is 4.74 Å². The molecule has 8 nitrogen and oxygen atoms in total. The third kappa shape index (κ3) is 3.81. The zero-order chi connectivity index (χ0) is 17.8. The maximum Gasteiger partial charge on any atom is 0.319 e. The molecule has 0 saturated carbocycles. The van der Waals surface area contributed by atoms with Crippen molar-refractivity contribution in [2.75, 3.05) is 23.8 Å². The summed E-state index contributed by atoms with van der Waals surface area (Å²) in [7, 11) is 0. The molecule has 0 spiro atoms. The number of aliphatic hydroxyl groups is 1. The second kappa shape index (κ2) is 7.10. The van der Waals surface area contributed by atoms with Crippen LogP contribution in [0.2, 0.25) is 0 Å². The number of nitrogens with one attached hydrogen (secondary N) is 3. The first-order valence-corrected chi connectivity index (χ1v) is 7.60. The van der Waals surface area contributed by atoms with Gasteiger partial charge in [-0.1, -0.05) is 18.2 Å². The predicted octanol–water partition coefficient (Wildman–Crippen LogP) is 1.58. The third-order valence-electron chi connectivity index (χ3n) is 3.65. The van der Waals surface area contributed by atoms with Crippen LogP contribution in [-0.4, -0.2) is 35.4 Å². The molecule has 0 aliphatic carbocycles. The summed E-state index contributed by atoms with van der Waals surface area (Å²) in [5.74, 6) is 0.146. The number of aromatic hydroxyl groups is 1. The lowest BCUT2D eigenvalue weighted by Crippen LogP contribution is -2.35. The Kier molecular flexibility index (Phi) is 4.71. The minimum Gasteiger partial charge on any atom is -0.508 e. The first kappa shape index (κ1) is 16.6. The van der Waals surface area contributed by atoms with Crippen molar-refractivity contribution in [1.82, 2.24) is 5.32 Å². The van der Waals surface area contributed by atoms with Gasteiger partial charge in [0.2, 0.25) is 0 Å². The molecule has 1 atom stereocenters. The van der Waals surface area contributed by atoms with Crippen molar-refractivity contribution >= 4 is 23.3 Å². The molecule has 1 aliphatic heterocycles. The van der Waals surface area contributed by atoms with Gasteiger partial charge in [0.25, 0.3) is 5.91 Å². The third-order valence-corrected chi connectivity index (χ3v) is 3.65. The first-order chi connectivity index (χ1) is 12.1. The molecule has 25 heavy (non-hydrogen) atoms. The number of fused-ring (bicyclic) bond motifs is 1. The Morgan fingerprint density at radius 3 is 2.84 bits per heavy atom. The SMILES string of the molecule is O=C1COc2c(cccc2NC(=O)NC(CO)c2cccc(O)c2)N1. The number of benzene rings is 2. The molecule has 0 saturated heterocycles. The van der Waals surface area contributed by atoms with Gasteiger partial charge in [-0.15, -0.1) is 0 Å². The summed E-state index contributed by atoms with van der Waals surface area (Å²) in [6, 6.07) is 9.99. The molecule has 2 aromatic rings. The van der Waals surface area contributed by atoms with E-state index in [2.05, 4.69) is 16.0 Å². The van der Waals surface area contributed by atoms with Crippen molar-refractivity contribution in [3.05, 3.63) is 48.0 Å². The van der Waals surface area contributed by atoms with Crippen LogP contribution >= 0.6 is 0 Å². The van der Waals surface area contributed by atoms with E-state index in [1.807, 2.05) is 0 Å². The molecular weight excluding hydrogens is 326 g/mol. The van der Waals surface area contributed by atoms with Crippen molar-refractivity contribution in [3.63, 3.8) is 0 Å². The van der Waals surface area contributed by atoms with E-state index in [1.165, 1.54) is 12.1 Å². The van der Waals surface area contributed by atoms with Gasteiger partial charge in [-0.25, -0.2) is 4.79 Å². The highest BCUT2D eigenvalue weighted by Crippen LogP contribution is 2.35. The quantitative estimate of drug-likeness (QED) is 0.577. The van der Waals surface area contributed by atoms with Crippen molar-refractivity contribution in [3.8, 4) is 11.5 Å². The van der Waals surface area contributed by atoms with Crippen LogP contribution in [0.3, 0.4) is 0 Å². The Labute approximate surface area is 143 Å². The van der Waals surface area contributed by atoms with E-state index >= 15 is 0 Å². The van der Waals surface area contributed by atoms with Crippen molar-refractivity contribution in [2.24, 2.45) is 0 Å². The molecular formula is C17H17N3O5. The lowest BCUT2D eigenvalue weighted by molar-refractivity contribution is -0.118. The molecule has 3 amide bonds. The van der Waals surface area contributed by atoms with Gasteiger partial charge in [-0.2, -0.15) is 0 Å². The number of amides is 3. The van der Waals surface area contributed by atoms with Crippen LogP contribution in [0.15, 0.2) is 42.5 Å². The van der Waals surface area contributed by atoms with E-state index in [1.54, 1.807) is 30.3 Å². The number of carbonyl (C=O) groups is 2. The highest BCUT2D eigenvalue weighted by Gasteiger charge is 2.21. The molecule has 1 unspecified atom stereocenters. The van der Waals surface area contributed by atoms with Crippen molar-refractivity contribution in [2.45, 2.75) is 6.04 Å². The number of carbonyl (C=O) groups excluding carboxylic acids is 2. The van der Waals surface area contributed by atoms with Gasteiger partial charge in [0.15, 0.2) is 12.4 Å². The summed E-state index contributed by atoms with van der Waals surface area (Å²) < 4.78 is 5.36. The summed E-state index contributed by atoms with van der Waals surface area (Å²) in [5.41, 5.74) is 1.43. The van der Waals surface area contributed by atoms with Crippen LogP contribution in [-0.2, 0) is 4.79 Å². The Morgan fingerprint density at radius 1 is 1.28 bits per heavy atom. The Balaban J connectivity index is 1.72. The van der Waals surface area contributed by atoms with Crippen molar-refractivity contribution < 1.29 is 24.5 Å². The minimum atomic E-state index is -0.688. The number of rotatable bonds is 4. The number of hydrogen-bond donors (Lipinski definition) is 5. The Bertz CT molecular complexity index is 809. The standard InChI is InChI=1S/C17H17N3O5/c21-8-14(10-3-1-4-11(22)7-10)20-17(24)19-13-6-2-5-12-16(13)25-9-15(23)18-12/h1-7,14,21-22H,8-9H2,(H,18,23)(H2,19,20,24). The number of anilines is 2. The van der Waals surface area contributed by atoms with E-state index in [0.717, 1.165) is 0 Å². The zero-order valence-corrected chi connectivity index (χ0v) is 13.2. The van der Waals surface area contributed by atoms with E-state index < -0.39 is 12.1 Å². The van der Waals surface area contributed by atoms with Gasteiger partial charge in [-0.05, 0) is 29.8 Å². The normalized spacial score (nSPS) is 13.9. The van der Waals surface area contributed by atoms with Crippen LogP contribution in [0, 0.1) is 0 Å². The highest BCUT2D eigenvalue weighted by molar-refractivity contribution is 5.99. The van der Waals surface area contributed by atoms with Gasteiger partial charge in [0, 0.05) is 0 Å². The lowest BCUT2D eigenvalue weighted by atomic mass is 10.1. The number of ether oxygens (including phenoxy) is 1. The number of urea groups is 1. The molecule has 2 aromatic carbocycles. The van der Waals surface area contributed by atoms with Gasteiger partial charge in [-0.3, -0.25) is 4.79 Å². The average Bonchev–Trinajstić information content (AvgIpc) is 2.59. The molecule has 5 N–H and O–H groups in total. The first-order valence-electron chi connectivity index (χ1n) is 7.60. The summed E-state index contributed by atoms with van der Waals surface area (Å²) in [4.78, 5) is 23.6. The minimum absolute atomic E-state index is 0.0411. The molecule has 130 valence electrons. The fourth-order valence-electron chi connectivity index (χ4n) is 2.51. The number of phenols is 1. The fraction of sp³-hybridized carbons (Fsp3) is 0.176. The van der Waals surface area contributed by atoms with Crippen LogP contribution < -0.4 is 20.7 Å². The second-order valence-electron chi connectivity index (χ2n) is 5.45. The predicted molar refractivity (Wildman–Crippen MR) is 90.7 cm³/mol. The molecule has 0 aromatic heterocycles. The largest absolute Gasteiger partial charge is 0.508 e. The number of para-hydroxylation sites is 1. The number of hydrogen-bond acceptors (Lipinski definition) is 5. The number of phenolic OH excluding ortho intramolecular Hbond substituents is 1. The Morgan fingerprint density at radius 2 is 2.08 bits per heavy atom. The van der Waals surface area contributed by atoms with Crippen LogP contribution in [0.5, 0.6) is 11.5 Å².